The number of rotatable bonds is 26. The van der Waals surface area contributed by atoms with Gasteiger partial charge in [-0.3, -0.25) is 0 Å². The summed E-state index contributed by atoms with van der Waals surface area (Å²) >= 11 is 0. The lowest BCUT2D eigenvalue weighted by molar-refractivity contribution is 0.448. The first-order valence-corrected chi connectivity index (χ1v) is 21.5. The van der Waals surface area contributed by atoms with Gasteiger partial charge in [0.25, 0.3) is 0 Å². The summed E-state index contributed by atoms with van der Waals surface area (Å²) in [6, 6.07) is 1.69. The van der Waals surface area contributed by atoms with Gasteiger partial charge in [0.1, 0.15) is 11.5 Å². The van der Waals surface area contributed by atoms with Gasteiger partial charge in [-0.05, 0) is 209 Å². The highest BCUT2D eigenvalue weighted by Gasteiger charge is 2.10. The van der Waals surface area contributed by atoms with Crippen molar-refractivity contribution in [2.75, 3.05) is 0 Å². The molecule has 0 heterocycles. The number of aromatic hydroxyl groups is 2. The Labute approximate surface area is 340 Å². The highest BCUT2D eigenvalue weighted by molar-refractivity contribution is 5.51. The first-order chi connectivity index (χ1) is 26.1. The van der Waals surface area contributed by atoms with Crippen LogP contribution in [0.1, 0.15) is 189 Å². The van der Waals surface area contributed by atoms with E-state index in [1.165, 1.54) is 69.4 Å². The van der Waals surface area contributed by atoms with Crippen molar-refractivity contribution in [3.05, 3.63) is 128 Å². The van der Waals surface area contributed by atoms with Gasteiger partial charge in [0.15, 0.2) is 0 Å². The summed E-state index contributed by atoms with van der Waals surface area (Å²) in [5, 5.41) is 20.6. The first kappa shape index (κ1) is 49.5. The molecule has 0 fully saturated rings. The van der Waals surface area contributed by atoms with Gasteiger partial charge >= 0.3 is 0 Å². The molecule has 0 aliphatic heterocycles. The van der Waals surface area contributed by atoms with E-state index in [0.717, 1.165) is 100 Å². The molecule has 1 rings (SSSR count). The summed E-state index contributed by atoms with van der Waals surface area (Å²) in [5.74, 6) is 0.554. The van der Waals surface area contributed by atoms with Crippen LogP contribution in [0.3, 0.4) is 0 Å². The third-order valence-electron chi connectivity index (χ3n) is 10.9. The average Bonchev–Trinajstić information content (AvgIpc) is 3.11. The Morgan fingerprint density at radius 3 is 0.909 bits per heavy atom. The van der Waals surface area contributed by atoms with Crippen LogP contribution >= 0.6 is 0 Å². The molecule has 0 saturated heterocycles. The highest BCUT2D eigenvalue weighted by Crippen LogP contribution is 2.32. The minimum atomic E-state index is 0.255. The summed E-state index contributed by atoms with van der Waals surface area (Å²) in [5.41, 5.74) is 15.5. The molecule has 1 aromatic rings. The average molecular weight is 751 g/mol. The van der Waals surface area contributed by atoms with Gasteiger partial charge in [0.05, 0.1) is 0 Å². The van der Waals surface area contributed by atoms with Gasteiger partial charge in [-0.1, -0.05) is 105 Å². The number of benzene rings is 1. The second-order valence-electron chi connectivity index (χ2n) is 16.9. The van der Waals surface area contributed by atoms with Crippen LogP contribution in [0.5, 0.6) is 11.5 Å². The standard InChI is InChI=1S/C53H82O2/c1-40(2)21-13-22-41(3)23-14-24-42(4)25-15-26-43(5)27-16-28-44(6)29-17-30-45(7)31-18-32-46(8)33-19-34-47(9)35-20-36-48(10)37-38-51-39-52(54)49(11)50(12)53(51)55/h21,23,25,27,29,31,33,35,37,39,54-55H,13-20,22,24,26,28,30,32,34,36,38H2,1-12H3/b41-23+,42-25+,43-27+,44-29-,45-31-,46-33+,47-35+,48-37+. The zero-order chi connectivity index (χ0) is 41.2. The topological polar surface area (TPSA) is 40.5 Å². The quantitative estimate of drug-likeness (QED) is 0.0731. The van der Waals surface area contributed by atoms with Crippen LogP contribution in [0.2, 0.25) is 0 Å². The molecule has 0 radical (unpaired) electrons. The Bertz CT molecular complexity index is 1590. The predicted octanol–water partition coefficient (Wildman–Crippen LogP) is 17.0. The SMILES string of the molecule is CC(C)=CCC/C(C)=C/CC/C(C)=C/CC/C(C)=C/CC/C(C)=C\CC/C(C)=C\CC/C(C)=C/CC/C(C)=C/CC/C(C)=C/Cc1cc(O)c(C)c(C)c1O. The normalized spacial score (nSPS) is 14.3. The van der Waals surface area contributed by atoms with Crippen LogP contribution in [0.15, 0.2) is 111 Å². The summed E-state index contributed by atoms with van der Waals surface area (Å²) in [6.07, 6.45) is 40.3. The van der Waals surface area contributed by atoms with Crippen molar-refractivity contribution in [2.24, 2.45) is 0 Å². The second-order valence-corrected chi connectivity index (χ2v) is 16.9. The van der Waals surface area contributed by atoms with Crippen LogP contribution in [-0.4, -0.2) is 10.2 Å². The molecule has 0 saturated carbocycles. The van der Waals surface area contributed by atoms with Gasteiger partial charge < -0.3 is 10.2 Å². The third-order valence-corrected chi connectivity index (χ3v) is 10.9. The van der Waals surface area contributed by atoms with Crippen molar-refractivity contribution in [1.82, 2.24) is 0 Å². The minimum Gasteiger partial charge on any atom is -0.508 e. The van der Waals surface area contributed by atoms with E-state index in [0.29, 0.717) is 12.2 Å². The monoisotopic (exact) mass is 751 g/mol. The van der Waals surface area contributed by atoms with Crippen LogP contribution in [0.25, 0.3) is 0 Å². The number of phenolic OH excluding ortho intramolecular Hbond substituents is 2. The smallest absolute Gasteiger partial charge is 0.122 e. The fourth-order valence-corrected chi connectivity index (χ4v) is 6.62. The zero-order valence-electron chi connectivity index (χ0n) is 37.7. The molecule has 0 spiro atoms. The molecular formula is C53H82O2. The van der Waals surface area contributed by atoms with E-state index < -0.39 is 0 Å². The maximum Gasteiger partial charge on any atom is 0.122 e. The van der Waals surface area contributed by atoms with E-state index in [9.17, 15) is 10.2 Å². The van der Waals surface area contributed by atoms with Gasteiger partial charge in [0, 0.05) is 5.56 Å². The third kappa shape index (κ3) is 24.6. The van der Waals surface area contributed by atoms with E-state index in [2.05, 4.69) is 124 Å². The second kappa shape index (κ2) is 28.8. The minimum absolute atomic E-state index is 0.255. The lowest BCUT2D eigenvalue weighted by Gasteiger charge is -2.10. The molecule has 0 bridgehead atoms. The van der Waals surface area contributed by atoms with Crippen LogP contribution in [-0.2, 0) is 6.42 Å². The van der Waals surface area contributed by atoms with Crippen molar-refractivity contribution in [3.8, 4) is 11.5 Å². The van der Waals surface area contributed by atoms with Crippen LogP contribution in [0, 0.1) is 13.8 Å². The van der Waals surface area contributed by atoms with Crippen molar-refractivity contribution in [1.29, 1.82) is 0 Å². The largest absolute Gasteiger partial charge is 0.508 e. The lowest BCUT2D eigenvalue weighted by Crippen LogP contribution is -1.91. The molecule has 2 heteroatoms. The van der Waals surface area contributed by atoms with Gasteiger partial charge in [-0.25, -0.2) is 0 Å². The van der Waals surface area contributed by atoms with E-state index in [1.54, 1.807) is 6.07 Å². The number of hydrogen-bond acceptors (Lipinski definition) is 2. The Morgan fingerprint density at radius 2 is 0.636 bits per heavy atom. The fraction of sp³-hybridized carbons (Fsp3) is 0.547. The predicted molar refractivity (Wildman–Crippen MR) is 246 cm³/mol. The highest BCUT2D eigenvalue weighted by atomic mass is 16.3. The number of phenols is 2. The van der Waals surface area contributed by atoms with Gasteiger partial charge in [-0.2, -0.15) is 0 Å². The Kier molecular flexibility index (Phi) is 25.9. The maximum atomic E-state index is 10.4. The van der Waals surface area contributed by atoms with Gasteiger partial charge in [0.2, 0.25) is 0 Å². The molecule has 55 heavy (non-hydrogen) atoms. The van der Waals surface area contributed by atoms with Crippen molar-refractivity contribution in [3.63, 3.8) is 0 Å². The van der Waals surface area contributed by atoms with Crippen LogP contribution in [0.4, 0.5) is 0 Å². The summed E-state index contributed by atoms with van der Waals surface area (Å²) in [7, 11) is 0. The van der Waals surface area contributed by atoms with E-state index >= 15 is 0 Å². The van der Waals surface area contributed by atoms with Crippen LogP contribution < -0.4 is 0 Å². The summed E-state index contributed by atoms with van der Waals surface area (Å²) < 4.78 is 0. The molecular weight excluding hydrogens is 669 g/mol. The molecule has 0 aliphatic rings. The molecule has 1 aromatic carbocycles. The Hall–Kier alpha value is -3.52. The molecule has 0 amide bonds. The lowest BCUT2D eigenvalue weighted by atomic mass is 9.99. The first-order valence-electron chi connectivity index (χ1n) is 21.5. The molecule has 2 nitrogen and oxygen atoms in total. The summed E-state index contributed by atoms with van der Waals surface area (Å²) in [6.45, 7) is 26.2. The summed E-state index contributed by atoms with van der Waals surface area (Å²) in [4.78, 5) is 0. The van der Waals surface area contributed by atoms with E-state index in [-0.39, 0.29) is 5.75 Å². The van der Waals surface area contributed by atoms with Crippen molar-refractivity contribution >= 4 is 0 Å². The molecule has 0 aromatic heterocycles. The van der Waals surface area contributed by atoms with E-state index in [4.69, 9.17) is 0 Å². The zero-order valence-corrected chi connectivity index (χ0v) is 37.7. The fourth-order valence-electron chi connectivity index (χ4n) is 6.62. The number of allylic oxidation sites excluding steroid dienone is 18. The van der Waals surface area contributed by atoms with Crippen molar-refractivity contribution in [2.45, 2.75) is 192 Å². The molecule has 0 unspecified atom stereocenters. The molecule has 0 atom stereocenters. The molecule has 2 N–H and O–H groups in total. The van der Waals surface area contributed by atoms with E-state index in [1.807, 2.05) is 13.8 Å². The number of hydrogen-bond donors (Lipinski definition) is 2. The Morgan fingerprint density at radius 1 is 0.382 bits per heavy atom. The molecule has 0 aliphatic carbocycles. The Balaban J connectivity index is 2.28. The van der Waals surface area contributed by atoms with Gasteiger partial charge in [-0.15, -0.1) is 0 Å². The van der Waals surface area contributed by atoms with Crippen molar-refractivity contribution < 1.29 is 10.2 Å². The molecule has 306 valence electrons. The maximum absolute atomic E-state index is 10.4.